The predicted molar refractivity (Wildman–Crippen MR) is 128 cm³/mol. The molecule has 4 N–H and O–H groups in total. The second kappa shape index (κ2) is 8.74. The number of nitrogens with two attached hydrogens (primary N) is 1. The standard InChI is InChI=1S/C23H30N8O/c1-2-25-16-9-10-30(14-16)18-7-8-20(26-13-18)28-23-27-12-15-11-19(24)22(32)31(21(15)29-23)17-5-3-4-6-17/h7-8,11-13,16-17,25H,2-6,9-10,14,24H2,1H3,(H,26,27,28,29). The van der Waals surface area contributed by atoms with E-state index in [1.54, 1.807) is 16.8 Å². The first-order valence-corrected chi connectivity index (χ1v) is 11.5. The zero-order valence-corrected chi connectivity index (χ0v) is 18.4. The third-order valence-corrected chi connectivity index (χ3v) is 6.52. The number of fused-ring (bicyclic) bond motifs is 1. The lowest BCUT2D eigenvalue weighted by molar-refractivity contribution is 0.517. The molecule has 9 heteroatoms. The fourth-order valence-electron chi connectivity index (χ4n) is 4.91. The van der Waals surface area contributed by atoms with Crippen molar-refractivity contribution in [2.75, 3.05) is 35.6 Å². The Hall–Kier alpha value is -3.20. The average Bonchev–Trinajstić information content (AvgIpc) is 3.48. The minimum atomic E-state index is -0.169. The minimum absolute atomic E-state index is 0.139. The van der Waals surface area contributed by atoms with Gasteiger partial charge >= 0.3 is 0 Å². The quantitative estimate of drug-likeness (QED) is 0.543. The van der Waals surface area contributed by atoms with Crippen molar-refractivity contribution in [3.63, 3.8) is 0 Å². The highest BCUT2D eigenvalue weighted by Crippen LogP contribution is 2.31. The number of nitrogen functional groups attached to an aromatic ring is 1. The summed E-state index contributed by atoms with van der Waals surface area (Å²) in [6.07, 6.45) is 8.92. The Morgan fingerprint density at radius 3 is 2.75 bits per heavy atom. The number of aromatic nitrogens is 4. The molecule has 1 unspecified atom stereocenters. The van der Waals surface area contributed by atoms with Crippen LogP contribution in [0.5, 0.6) is 0 Å². The van der Waals surface area contributed by atoms with Gasteiger partial charge in [-0.1, -0.05) is 19.8 Å². The van der Waals surface area contributed by atoms with Gasteiger partial charge in [0.1, 0.15) is 11.5 Å². The summed E-state index contributed by atoms with van der Waals surface area (Å²) in [5.41, 5.74) is 7.79. The van der Waals surface area contributed by atoms with Crippen molar-refractivity contribution in [2.24, 2.45) is 0 Å². The van der Waals surface area contributed by atoms with E-state index in [9.17, 15) is 4.79 Å². The molecule has 4 heterocycles. The molecule has 0 aromatic carbocycles. The van der Waals surface area contributed by atoms with Crippen LogP contribution in [-0.4, -0.2) is 45.2 Å². The van der Waals surface area contributed by atoms with Gasteiger partial charge in [-0.2, -0.15) is 4.98 Å². The lowest BCUT2D eigenvalue weighted by Crippen LogP contribution is -2.32. The number of pyridine rings is 2. The molecule has 0 amide bonds. The summed E-state index contributed by atoms with van der Waals surface area (Å²) >= 11 is 0. The number of nitrogens with one attached hydrogen (secondary N) is 2. The second-order valence-corrected chi connectivity index (χ2v) is 8.70. The van der Waals surface area contributed by atoms with E-state index in [1.165, 1.54) is 0 Å². The van der Waals surface area contributed by atoms with Gasteiger partial charge in [0.2, 0.25) is 5.95 Å². The highest BCUT2D eigenvalue weighted by atomic mass is 16.1. The van der Waals surface area contributed by atoms with E-state index in [0.717, 1.165) is 62.8 Å². The molecule has 1 saturated heterocycles. The highest BCUT2D eigenvalue weighted by Gasteiger charge is 2.23. The monoisotopic (exact) mass is 434 g/mol. The molecule has 1 atom stereocenters. The SMILES string of the molecule is CCNC1CCN(c2ccc(Nc3ncc4cc(N)c(=O)n(C5CCCC5)c4n3)nc2)C1. The third kappa shape index (κ3) is 4.00. The van der Waals surface area contributed by atoms with E-state index in [2.05, 4.69) is 43.5 Å². The summed E-state index contributed by atoms with van der Waals surface area (Å²) in [4.78, 5) is 28.8. The van der Waals surface area contributed by atoms with Gasteiger partial charge in [-0.25, -0.2) is 9.97 Å². The van der Waals surface area contributed by atoms with Crippen LogP contribution in [0.25, 0.3) is 11.0 Å². The van der Waals surface area contributed by atoms with Crippen molar-refractivity contribution in [1.82, 2.24) is 24.8 Å². The van der Waals surface area contributed by atoms with Crippen LogP contribution >= 0.6 is 0 Å². The van der Waals surface area contributed by atoms with Crippen molar-refractivity contribution < 1.29 is 0 Å². The molecule has 0 spiro atoms. The number of rotatable bonds is 6. The molecular formula is C23H30N8O. The Kier molecular flexibility index (Phi) is 5.65. The number of nitrogens with zero attached hydrogens (tertiary/aromatic N) is 5. The lowest BCUT2D eigenvalue weighted by Gasteiger charge is -2.19. The van der Waals surface area contributed by atoms with Gasteiger partial charge in [0.05, 0.1) is 17.6 Å². The Morgan fingerprint density at radius 1 is 1.16 bits per heavy atom. The molecule has 3 aromatic heterocycles. The van der Waals surface area contributed by atoms with Crippen molar-refractivity contribution in [2.45, 2.75) is 51.1 Å². The average molecular weight is 435 g/mol. The Bertz CT molecular complexity index is 1150. The van der Waals surface area contributed by atoms with Crippen LogP contribution in [0.4, 0.5) is 23.1 Å². The van der Waals surface area contributed by atoms with Crippen molar-refractivity contribution in [1.29, 1.82) is 0 Å². The molecule has 0 bridgehead atoms. The first kappa shape index (κ1) is 20.7. The van der Waals surface area contributed by atoms with Crippen molar-refractivity contribution in [3.05, 3.63) is 40.9 Å². The smallest absolute Gasteiger partial charge is 0.275 e. The summed E-state index contributed by atoms with van der Waals surface area (Å²) in [5, 5.41) is 7.47. The van der Waals surface area contributed by atoms with E-state index in [1.807, 2.05) is 12.3 Å². The molecule has 9 nitrogen and oxygen atoms in total. The molecule has 0 radical (unpaired) electrons. The molecule has 1 aliphatic carbocycles. The van der Waals surface area contributed by atoms with Gasteiger partial charge in [-0.15, -0.1) is 0 Å². The first-order chi connectivity index (χ1) is 15.6. The van der Waals surface area contributed by atoms with E-state index in [4.69, 9.17) is 5.73 Å². The molecule has 168 valence electrons. The maximum absolute atomic E-state index is 12.8. The third-order valence-electron chi connectivity index (χ3n) is 6.52. The highest BCUT2D eigenvalue weighted by molar-refractivity contribution is 5.79. The van der Waals surface area contributed by atoms with E-state index < -0.39 is 0 Å². The number of anilines is 4. The van der Waals surface area contributed by atoms with Crippen LogP contribution in [0.15, 0.2) is 35.4 Å². The van der Waals surface area contributed by atoms with Gasteiger partial charge < -0.3 is 21.3 Å². The molecule has 3 aromatic rings. The largest absolute Gasteiger partial charge is 0.394 e. The van der Waals surface area contributed by atoms with Crippen LogP contribution in [0.3, 0.4) is 0 Å². The lowest BCUT2D eigenvalue weighted by atomic mass is 10.2. The van der Waals surface area contributed by atoms with Gasteiger partial charge in [-0.05, 0) is 44.0 Å². The van der Waals surface area contributed by atoms with Crippen LogP contribution < -0.4 is 26.8 Å². The molecule has 5 rings (SSSR count). The van der Waals surface area contributed by atoms with Crippen molar-refractivity contribution >= 4 is 34.2 Å². The number of likely N-dealkylation sites (N-methyl/N-ethyl adjacent to an activating group) is 1. The normalized spacial score (nSPS) is 19.2. The fourth-order valence-corrected chi connectivity index (χ4v) is 4.91. The van der Waals surface area contributed by atoms with Crippen LogP contribution in [-0.2, 0) is 0 Å². The molecule has 32 heavy (non-hydrogen) atoms. The predicted octanol–water partition coefficient (Wildman–Crippen LogP) is 2.82. The summed E-state index contributed by atoms with van der Waals surface area (Å²) in [5.74, 6) is 1.09. The summed E-state index contributed by atoms with van der Waals surface area (Å²) in [7, 11) is 0. The molecule has 2 aliphatic rings. The van der Waals surface area contributed by atoms with Crippen molar-refractivity contribution in [3.8, 4) is 0 Å². The van der Waals surface area contributed by atoms with E-state index >= 15 is 0 Å². The topological polar surface area (TPSA) is 114 Å². The fraction of sp³-hybridized carbons (Fsp3) is 0.478. The summed E-state index contributed by atoms with van der Waals surface area (Å²) in [6, 6.07) is 6.35. The Morgan fingerprint density at radius 2 is 2.00 bits per heavy atom. The van der Waals surface area contributed by atoms with Crippen LogP contribution in [0.2, 0.25) is 0 Å². The molecule has 1 aliphatic heterocycles. The maximum atomic E-state index is 12.8. The molecule has 2 fully saturated rings. The first-order valence-electron chi connectivity index (χ1n) is 11.5. The zero-order valence-electron chi connectivity index (χ0n) is 18.4. The van der Waals surface area contributed by atoms with Gasteiger partial charge in [0, 0.05) is 36.8 Å². The Labute approximate surface area is 187 Å². The number of hydrogen-bond acceptors (Lipinski definition) is 8. The Balaban J connectivity index is 1.38. The van der Waals surface area contributed by atoms with Crippen LogP contribution in [0.1, 0.15) is 45.1 Å². The second-order valence-electron chi connectivity index (χ2n) is 8.70. The summed E-state index contributed by atoms with van der Waals surface area (Å²) < 4.78 is 1.76. The van der Waals surface area contributed by atoms with Gasteiger partial charge in [0.15, 0.2) is 0 Å². The number of hydrogen-bond donors (Lipinski definition) is 3. The zero-order chi connectivity index (χ0) is 22.1. The molecular weight excluding hydrogens is 404 g/mol. The maximum Gasteiger partial charge on any atom is 0.275 e. The van der Waals surface area contributed by atoms with Gasteiger partial charge in [0.25, 0.3) is 5.56 Å². The van der Waals surface area contributed by atoms with Gasteiger partial charge in [-0.3, -0.25) is 9.36 Å². The molecule has 1 saturated carbocycles. The summed E-state index contributed by atoms with van der Waals surface area (Å²) in [6.45, 7) is 5.16. The van der Waals surface area contributed by atoms with E-state index in [-0.39, 0.29) is 17.3 Å². The minimum Gasteiger partial charge on any atom is -0.394 e. The van der Waals surface area contributed by atoms with E-state index in [0.29, 0.717) is 23.5 Å². The van der Waals surface area contributed by atoms with Crippen LogP contribution in [0, 0.1) is 0 Å².